The van der Waals surface area contributed by atoms with Crippen LogP contribution in [0.3, 0.4) is 0 Å². The van der Waals surface area contributed by atoms with Gasteiger partial charge >= 0.3 is 6.03 Å². The zero-order valence-electron chi connectivity index (χ0n) is 12.7. The summed E-state index contributed by atoms with van der Waals surface area (Å²) >= 11 is 0. The molecule has 0 radical (unpaired) electrons. The van der Waals surface area contributed by atoms with Gasteiger partial charge in [0, 0.05) is 32.2 Å². The van der Waals surface area contributed by atoms with Gasteiger partial charge in [0.15, 0.2) is 5.84 Å². The molecule has 0 spiro atoms. The molecule has 0 aromatic carbocycles. The lowest BCUT2D eigenvalue weighted by Crippen LogP contribution is -2.57. The van der Waals surface area contributed by atoms with E-state index >= 15 is 0 Å². The first-order valence-electron chi connectivity index (χ1n) is 7.26. The number of hydrogen-bond acceptors (Lipinski definition) is 4. The molecule has 4 N–H and O–H groups in total. The van der Waals surface area contributed by atoms with Gasteiger partial charge in [-0.3, -0.25) is 4.90 Å². The summed E-state index contributed by atoms with van der Waals surface area (Å²) in [5.74, 6) is 0.256. The highest BCUT2D eigenvalue weighted by molar-refractivity contribution is 5.85. The van der Waals surface area contributed by atoms with Crippen LogP contribution in [0.25, 0.3) is 0 Å². The molecule has 2 amide bonds. The van der Waals surface area contributed by atoms with Crippen molar-refractivity contribution >= 4 is 11.9 Å². The first-order chi connectivity index (χ1) is 9.49. The third-order valence-electron chi connectivity index (χ3n) is 3.47. The molecule has 7 nitrogen and oxygen atoms in total. The Labute approximate surface area is 120 Å². The van der Waals surface area contributed by atoms with Gasteiger partial charge in [0.25, 0.3) is 0 Å². The molecule has 7 heteroatoms. The maximum atomic E-state index is 11.9. The first kappa shape index (κ1) is 16.6. The fourth-order valence-corrected chi connectivity index (χ4v) is 2.43. The molecule has 1 fully saturated rings. The molecule has 1 rings (SSSR count). The number of amides is 2. The largest absolute Gasteiger partial charge is 0.409 e. The number of carbonyl (C=O) groups is 1. The van der Waals surface area contributed by atoms with E-state index in [4.69, 9.17) is 10.9 Å². The SMILES string of the molecule is CCCC(C(N)=NO)N1CCN(C(=O)NC(C)C)CC1. The lowest BCUT2D eigenvalue weighted by molar-refractivity contribution is 0.122. The molecule has 116 valence electrons. The average molecular weight is 285 g/mol. The summed E-state index contributed by atoms with van der Waals surface area (Å²) in [6.07, 6.45) is 1.82. The summed E-state index contributed by atoms with van der Waals surface area (Å²) < 4.78 is 0. The Morgan fingerprint density at radius 3 is 2.40 bits per heavy atom. The summed E-state index contributed by atoms with van der Waals surface area (Å²) in [7, 11) is 0. The van der Waals surface area contributed by atoms with E-state index in [1.807, 2.05) is 18.7 Å². The monoisotopic (exact) mass is 285 g/mol. The van der Waals surface area contributed by atoms with E-state index in [-0.39, 0.29) is 24.0 Å². The zero-order valence-corrected chi connectivity index (χ0v) is 12.7. The topological polar surface area (TPSA) is 94.2 Å². The summed E-state index contributed by atoms with van der Waals surface area (Å²) in [5, 5.41) is 14.9. The molecule has 1 heterocycles. The van der Waals surface area contributed by atoms with E-state index in [0.717, 1.165) is 25.9 Å². The van der Waals surface area contributed by atoms with Crippen LogP contribution in [0.5, 0.6) is 0 Å². The number of amidine groups is 1. The van der Waals surface area contributed by atoms with Gasteiger partial charge in [-0.2, -0.15) is 0 Å². The van der Waals surface area contributed by atoms with Crippen LogP contribution in [0.15, 0.2) is 5.16 Å². The van der Waals surface area contributed by atoms with Gasteiger partial charge in [0.1, 0.15) is 0 Å². The Balaban J connectivity index is 2.53. The molecule has 20 heavy (non-hydrogen) atoms. The third kappa shape index (κ3) is 4.56. The minimum Gasteiger partial charge on any atom is -0.409 e. The fraction of sp³-hybridized carbons (Fsp3) is 0.846. The Hall–Kier alpha value is -1.50. The quantitative estimate of drug-likeness (QED) is 0.299. The van der Waals surface area contributed by atoms with Crippen LogP contribution >= 0.6 is 0 Å². The second-order valence-electron chi connectivity index (χ2n) is 5.46. The van der Waals surface area contributed by atoms with Crippen molar-refractivity contribution in [1.29, 1.82) is 0 Å². The van der Waals surface area contributed by atoms with E-state index < -0.39 is 0 Å². The van der Waals surface area contributed by atoms with Crippen molar-refractivity contribution in [2.75, 3.05) is 26.2 Å². The van der Waals surface area contributed by atoms with Crippen molar-refractivity contribution in [3.05, 3.63) is 0 Å². The number of rotatable bonds is 5. The van der Waals surface area contributed by atoms with E-state index in [2.05, 4.69) is 22.3 Å². The van der Waals surface area contributed by atoms with Gasteiger partial charge < -0.3 is 21.2 Å². The molecule has 1 atom stereocenters. The van der Waals surface area contributed by atoms with E-state index in [9.17, 15) is 4.79 Å². The van der Waals surface area contributed by atoms with Crippen LogP contribution in [-0.4, -0.2) is 65.1 Å². The molecule has 1 saturated heterocycles. The number of nitrogens with two attached hydrogens (primary N) is 1. The normalized spacial score (nSPS) is 19.2. The first-order valence-corrected chi connectivity index (χ1v) is 7.26. The number of hydrogen-bond donors (Lipinski definition) is 3. The predicted octanol–water partition coefficient (Wildman–Crippen LogP) is 0.637. The molecule has 0 bridgehead atoms. The number of nitrogens with zero attached hydrogens (tertiary/aromatic N) is 3. The number of nitrogens with one attached hydrogen (secondary N) is 1. The van der Waals surface area contributed by atoms with E-state index in [1.165, 1.54) is 0 Å². The van der Waals surface area contributed by atoms with Crippen molar-refractivity contribution < 1.29 is 10.0 Å². The van der Waals surface area contributed by atoms with Crippen molar-refractivity contribution in [2.45, 2.75) is 45.7 Å². The lowest BCUT2D eigenvalue weighted by Gasteiger charge is -2.38. The van der Waals surface area contributed by atoms with E-state index in [1.54, 1.807) is 0 Å². The Kier molecular flexibility index (Phi) is 6.57. The fourth-order valence-electron chi connectivity index (χ4n) is 2.43. The highest BCUT2D eigenvalue weighted by Crippen LogP contribution is 2.11. The molecule has 0 aromatic heterocycles. The van der Waals surface area contributed by atoms with Crippen LogP contribution in [0.2, 0.25) is 0 Å². The molecule has 0 saturated carbocycles. The summed E-state index contributed by atoms with van der Waals surface area (Å²) in [6, 6.07) is 0.0846. The van der Waals surface area contributed by atoms with Gasteiger partial charge in [-0.15, -0.1) is 0 Å². The minimum absolute atomic E-state index is 0.0181. The molecular weight excluding hydrogens is 258 g/mol. The van der Waals surface area contributed by atoms with Gasteiger partial charge in [-0.25, -0.2) is 4.79 Å². The van der Waals surface area contributed by atoms with Crippen LogP contribution in [-0.2, 0) is 0 Å². The molecule has 1 aliphatic rings. The number of carbonyl (C=O) groups excluding carboxylic acids is 1. The smallest absolute Gasteiger partial charge is 0.317 e. The predicted molar refractivity (Wildman–Crippen MR) is 78.9 cm³/mol. The van der Waals surface area contributed by atoms with Gasteiger partial charge in [-0.05, 0) is 20.3 Å². The lowest BCUT2D eigenvalue weighted by atomic mass is 10.1. The third-order valence-corrected chi connectivity index (χ3v) is 3.47. The second-order valence-corrected chi connectivity index (χ2v) is 5.46. The Morgan fingerprint density at radius 1 is 1.35 bits per heavy atom. The minimum atomic E-state index is -0.0414. The summed E-state index contributed by atoms with van der Waals surface area (Å²) in [5.41, 5.74) is 5.76. The van der Waals surface area contributed by atoms with Crippen molar-refractivity contribution in [1.82, 2.24) is 15.1 Å². The highest BCUT2D eigenvalue weighted by atomic mass is 16.4. The number of piperazine rings is 1. The van der Waals surface area contributed by atoms with Crippen LogP contribution in [0.1, 0.15) is 33.6 Å². The maximum absolute atomic E-state index is 11.9. The standard InChI is InChI=1S/C13H27N5O2/c1-4-5-11(12(14)16-20)17-6-8-18(9-7-17)13(19)15-10(2)3/h10-11,20H,4-9H2,1-3H3,(H2,14,16)(H,15,19). The van der Waals surface area contributed by atoms with E-state index in [0.29, 0.717) is 13.1 Å². The van der Waals surface area contributed by atoms with Crippen LogP contribution in [0.4, 0.5) is 4.79 Å². The van der Waals surface area contributed by atoms with Crippen LogP contribution < -0.4 is 11.1 Å². The highest BCUT2D eigenvalue weighted by Gasteiger charge is 2.28. The second kappa shape index (κ2) is 7.94. The van der Waals surface area contributed by atoms with Gasteiger partial charge in [-0.1, -0.05) is 18.5 Å². The average Bonchev–Trinajstić information content (AvgIpc) is 2.43. The number of urea groups is 1. The summed E-state index contributed by atoms with van der Waals surface area (Å²) in [4.78, 5) is 15.9. The van der Waals surface area contributed by atoms with Crippen molar-refractivity contribution in [3.63, 3.8) is 0 Å². The van der Waals surface area contributed by atoms with Crippen molar-refractivity contribution in [3.8, 4) is 0 Å². The van der Waals surface area contributed by atoms with Gasteiger partial charge in [0.05, 0.1) is 6.04 Å². The van der Waals surface area contributed by atoms with Gasteiger partial charge in [0.2, 0.25) is 0 Å². The Bertz CT molecular complexity index is 338. The zero-order chi connectivity index (χ0) is 15.1. The molecule has 1 aliphatic heterocycles. The Morgan fingerprint density at radius 2 is 1.95 bits per heavy atom. The summed E-state index contributed by atoms with van der Waals surface area (Å²) in [6.45, 7) is 8.78. The molecule has 0 aromatic rings. The van der Waals surface area contributed by atoms with Crippen LogP contribution in [0, 0.1) is 0 Å². The molecule has 1 unspecified atom stereocenters. The molecule has 0 aliphatic carbocycles. The molecular formula is C13H27N5O2. The number of oxime groups is 1. The van der Waals surface area contributed by atoms with Crippen molar-refractivity contribution in [2.24, 2.45) is 10.9 Å². The maximum Gasteiger partial charge on any atom is 0.317 e.